The SMILES string of the molecule is CNc1ccc(Cl)c(C(=O)NC2(C)CCCC2)n1. The van der Waals surface area contributed by atoms with Gasteiger partial charge in [0.2, 0.25) is 0 Å². The van der Waals surface area contributed by atoms with Crippen molar-refractivity contribution in [1.29, 1.82) is 0 Å². The lowest BCUT2D eigenvalue weighted by Gasteiger charge is -2.25. The lowest BCUT2D eigenvalue weighted by atomic mass is 10.0. The van der Waals surface area contributed by atoms with Crippen molar-refractivity contribution in [1.82, 2.24) is 10.3 Å². The number of nitrogens with zero attached hydrogens (tertiary/aromatic N) is 1. The molecule has 0 aromatic carbocycles. The molecule has 2 N–H and O–H groups in total. The van der Waals surface area contributed by atoms with Gasteiger partial charge in [-0.25, -0.2) is 4.98 Å². The smallest absolute Gasteiger partial charge is 0.271 e. The van der Waals surface area contributed by atoms with Crippen LogP contribution in [0.3, 0.4) is 0 Å². The predicted octanol–water partition coefficient (Wildman–Crippen LogP) is 2.84. The van der Waals surface area contributed by atoms with Crippen molar-refractivity contribution < 1.29 is 4.79 Å². The van der Waals surface area contributed by atoms with E-state index in [1.54, 1.807) is 19.2 Å². The van der Waals surface area contributed by atoms with Crippen molar-refractivity contribution in [3.63, 3.8) is 0 Å². The fourth-order valence-electron chi connectivity index (χ4n) is 2.35. The van der Waals surface area contributed by atoms with Crippen LogP contribution in [-0.2, 0) is 0 Å². The number of hydrogen-bond donors (Lipinski definition) is 2. The monoisotopic (exact) mass is 267 g/mol. The van der Waals surface area contributed by atoms with Crippen LogP contribution < -0.4 is 10.6 Å². The Morgan fingerprint density at radius 2 is 2.06 bits per heavy atom. The van der Waals surface area contributed by atoms with Gasteiger partial charge in [0.05, 0.1) is 5.02 Å². The highest BCUT2D eigenvalue weighted by Crippen LogP contribution is 2.29. The maximum absolute atomic E-state index is 12.2. The summed E-state index contributed by atoms with van der Waals surface area (Å²) in [4.78, 5) is 16.4. The molecule has 0 atom stereocenters. The molecule has 0 spiro atoms. The molecule has 18 heavy (non-hydrogen) atoms. The summed E-state index contributed by atoms with van der Waals surface area (Å²) in [5.41, 5.74) is 0.175. The third kappa shape index (κ3) is 2.75. The van der Waals surface area contributed by atoms with E-state index < -0.39 is 0 Å². The number of carbonyl (C=O) groups excluding carboxylic acids is 1. The standard InChI is InChI=1S/C13H18ClN3O/c1-13(7-3-4-8-13)17-12(18)11-9(14)5-6-10(15-2)16-11/h5-6H,3-4,7-8H2,1-2H3,(H,15,16)(H,17,18). The fraction of sp³-hybridized carbons (Fsp3) is 0.538. The van der Waals surface area contributed by atoms with Crippen molar-refractivity contribution in [2.75, 3.05) is 12.4 Å². The minimum Gasteiger partial charge on any atom is -0.373 e. The number of hydrogen-bond acceptors (Lipinski definition) is 3. The molecular formula is C13H18ClN3O. The average Bonchev–Trinajstić information content (AvgIpc) is 2.76. The van der Waals surface area contributed by atoms with Crippen LogP contribution in [0.5, 0.6) is 0 Å². The molecule has 1 fully saturated rings. The Morgan fingerprint density at radius 3 is 2.67 bits per heavy atom. The fourth-order valence-corrected chi connectivity index (χ4v) is 2.55. The lowest BCUT2D eigenvalue weighted by molar-refractivity contribution is 0.0903. The van der Waals surface area contributed by atoms with E-state index in [2.05, 4.69) is 22.5 Å². The van der Waals surface area contributed by atoms with E-state index >= 15 is 0 Å². The number of halogens is 1. The van der Waals surface area contributed by atoms with Crippen LogP contribution >= 0.6 is 11.6 Å². The normalized spacial score (nSPS) is 17.5. The molecule has 1 saturated carbocycles. The number of pyridine rings is 1. The van der Waals surface area contributed by atoms with Crippen LogP contribution in [0.25, 0.3) is 0 Å². The zero-order valence-electron chi connectivity index (χ0n) is 10.7. The van der Waals surface area contributed by atoms with Gasteiger partial charge in [0.1, 0.15) is 11.5 Å². The van der Waals surface area contributed by atoms with Gasteiger partial charge in [0.15, 0.2) is 0 Å². The molecular weight excluding hydrogens is 250 g/mol. The Hall–Kier alpha value is -1.29. The molecule has 5 heteroatoms. The summed E-state index contributed by atoms with van der Waals surface area (Å²) in [6.45, 7) is 2.08. The second kappa shape index (κ2) is 5.14. The van der Waals surface area contributed by atoms with Crippen LogP contribution in [0.4, 0.5) is 5.82 Å². The zero-order valence-corrected chi connectivity index (χ0v) is 11.5. The van der Waals surface area contributed by atoms with Gasteiger partial charge < -0.3 is 10.6 Å². The Bertz CT molecular complexity index is 456. The van der Waals surface area contributed by atoms with Gasteiger partial charge in [0, 0.05) is 12.6 Å². The molecule has 1 aromatic heterocycles. The maximum Gasteiger partial charge on any atom is 0.271 e. The van der Waals surface area contributed by atoms with Crippen LogP contribution in [0.2, 0.25) is 5.02 Å². The van der Waals surface area contributed by atoms with E-state index in [1.165, 1.54) is 0 Å². The second-order valence-electron chi connectivity index (χ2n) is 5.00. The first-order valence-corrected chi connectivity index (χ1v) is 6.59. The lowest BCUT2D eigenvalue weighted by Crippen LogP contribution is -2.44. The number of nitrogens with one attached hydrogen (secondary N) is 2. The summed E-state index contributed by atoms with van der Waals surface area (Å²) in [5, 5.41) is 6.34. The highest BCUT2D eigenvalue weighted by Gasteiger charge is 2.31. The molecule has 0 bridgehead atoms. The van der Waals surface area contributed by atoms with Crippen molar-refractivity contribution in [3.05, 3.63) is 22.8 Å². The maximum atomic E-state index is 12.2. The number of rotatable bonds is 3. The molecule has 1 aliphatic rings. The second-order valence-corrected chi connectivity index (χ2v) is 5.41. The molecule has 2 rings (SSSR count). The molecule has 98 valence electrons. The third-order valence-electron chi connectivity index (χ3n) is 3.44. The molecule has 1 amide bonds. The molecule has 0 saturated heterocycles. The van der Waals surface area contributed by atoms with Crippen LogP contribution in [0, 0.1) is 0 Å². The topological polar surface area (TPSA) is 54.0 Å². The van der Waals surface area contributed by atoms with Gasteiger partial charge in [0.25, 0.3) is 5.91 Å². The summed E-state index contributed by atoms with van der Waals surface area (Å²) in [5.74, 6) is 0.447. The van der Waals surface area contributed by atoms with Gasteiger partial charge in [-0.05, 0) is 31.9 Å². The highest BCUT2D eigenvalue weighted by molar-refractivity contribution is 6.33. The van der Waals surface area contributed by atoms with Crippen molar-refractivity contribution in [2.24, 2.45) is 0 Å². The van der Waals surface area contributed by atoms with E-state index in [0.29, 0.717) is 10.8 Å². The number of carbonyl (C=O) groups is 1. The quantitative estimate of drug-likeness (QED) is 0.885. The van der Waals surface area contributed by atoms with Crippen LogP contribution in [0.1, 0.15) is 43.1 Å². The average molecular weight is 268 g/mol. The minimum absolute atomic E-state index is 0.113. The Balaban J connectivity index is 2.17. The van der Waals surface area contributed by atoms with E-state index in [-0.39, 0.29) is 17.1 Å². The molecule has 0 unspecified atom stereocenters. The zero-order chi connectivity index (χ0) is 13.2. The Kier molecular flexibility index (Phi) is 3.76. The van der Waals surface area contributed by atoms with E-state index in [9.17, 15) is 4.79 Å². The van der Waals surface area contributed by atoms with Crippen molar-refractivity contribution >= 4 is 23.3 Å². The van der Waals surface area contributed by atoms with E-state index in [1.807, 2.05) is 0 Å². The summed E-state index contributed by atoms with van der Waals surface area (Å²) in [7, 11) is 1.76. The summed E-state index contributed by atoms with van der Waals surface area (Å²) in [6, 6.07) is 3.43. The van der Waals surface area contributed by atoms with Gasteiger partial charge in [-0.1, -0.05) is 24.4 Å². The Morgan fingerprint density at radius 1 is 1.39 bits per heavy atom. The summed E-state index contributed by atoms with van der Waals surface area (Å²) < 4.78 is 0. The Labute approximate surface area is 112 Å². The molecule has 0 aliphatic heterocycles. The molecule has 0 radical (unpaired) electrons. The predicted molar refractivity (Wildman–Crippen MR) is 73.1 cm³/mol. The van der Waals surface area contributed by atoms with E-state index in [0.717, 1.165) is 25.7 Å². The molecule has 4 nitrogen and oxygen atoms in total. The third-order valence-corrected chi connectivity index (χ3v) is 3.74. The van der Waals surface area contributed by atoms with Gasteiger partial charge >= 0.3 is 0 Å². The largest absolute Gasteiger partial charge is 0.373 e. The van der Waals surface area contributed by atoms with Crippen LogP contribution in [-0.4, -0.2) is 23.5 Å². The van der Waals surface area contributed by atoms with Crippen molar-refractivity contribution in [2.45, 2.75) is 38.1 Å². The molecule has 1 heterocycles. The first-order valence-electron chi connectivity index (χ1n) is 6.21. The number of aromatic nitrogens is 1. The summed E-state index contributed by atoms with van der Waals surface area (Å²) in [6.07, 6.45) is 4.35. The van der Waals surface area contributed by atoms with Crippen molar-refractivity contribution in [3.8, 4) is 0 Å². The highest BCUT2D eigenvalue weighted by atomic mass is 35.5. The number of anilines is 1. The first kappa shape index (κ1) is 13.1. The molecule has 1 aliphatic carbocycles. The molecule has 1 aromatic rings. The number of amides is 1. The van der Waals surface area contributed by atoms with Gasteiger partial charge in [-0.2, -0.15) is 0 Å². The minimum atomic E-state index is -0.193. The van der Waals surface area contributed by atoms with Crippen LogP contribution in [0.15, 0.2) is 12.1 Å². The first-order chi connectivity index (χ1) is 8.54. The van der Waals surface area contributed by atoms with Gasteiger partial charge in [-0.3, -0.25) is 4.79 Å². The van der Waals surface area contributed by atoms with Gasteiger partial charge in [-0.15, -0.1) is 0 Å². The summed E-state index contributed by atoms with van der Waals surface area (Å²) >= 11 is 6.03. The van der Waals surface area contributed by atoms with E-state index in [4.69, 9.17) is 11.6 Å².